The second-order valence-electron chi connectivity index (χ2n) is 11.0. The van der Waals surface area contributed by atoms with Gasteiger partial charge in [-0.2, -0.15) is 0 Å². The highest BCUT2D eigenvalue weighted by atomic mass is 19.1. The predicted octanol–water partition coefficient (Wildman–Crippen LogP) is 5.39. The summed E-state index contributed by atoms with van der Waals surface area (Å²) in [6.07, 6.45) is 0.840. The topological polar surface area (TPSA) is 90.9 Å². The number of hydrogen-bond acceptors (Lipinski definition) is 4. The van der Waals surface area contributed by atoms with Crippen molar-refractivity contribution in [2.75, 3.05) is 11.9 Å². The van der Waals surface area contributed by atoms with Gasteiger partial charge in [-0.05, 0) is 42.5 Å². The number of para-hydroxylation sites is 1. The molecule has 1 aliphatic rings. The summed E-state index contributed by atoms with van der Waals surface area (Å²) in [5, 5.41) is 5.54. The van der Waals surface area contributed by atoms with Crippen molar-refractivity contribution >= 4 is 29.1 Å². The number of anilines is 1. The molecule has 0 saturated heterocycles. The number of likely N-dealkylation sites (N-methyl/N-ethyl adjacent to an activating group) is 1. The second kappa shape index (κ2) is 14.0. The molecule has 0 radical (unpaired) electrons. The van der Waals surface area contributed by atoms with E-state index in [-0.39, 0.29) is 24.4 Å². The molecule has 224 valence electrons. The van der Waals surface area contributed by atoms with Gasteiger partial charge in [-0.15, -0.1) is 6.58 Å². The Bertz CT molecular complexity index is 1500. The molecule has 3 amide bonds. The Morgan fingerprint density at radius 2 is 1.63 bits per heavy atom. The molecule has 0 saturated carbocycles. The molecule has 1 aliphatic heterocycles. The third kappa shape index (κ3) is 7.60. The molecule has 3 aromatic carbocycles. The van der Waals surface area contributed by atoms with Crippen molar-refractivity contribution in [2.24, 2.45) is 22.7 Å². The number of allylic oxidation sites excluding steroid dienone is 1. The number of aliphatic imine (C=N–C) groups is 1. The molecule has 0 spiro atoms. The lowest BCUT2D eigenvalue weighted by Gasteiger charge is -2.28. The molecule has 43 heavy (non-hydrogen) atoms. The zero-order chi connectivity index (χ0) is 31.1. The normalized spacial score (nSPS) is 16.0. The monoisotopic (exact) mass is 586 g/mol. The van der Waals surface area contributed by atoms with Crippen LogP contribution >= 0.6 is 0 Å². The summed E-state index contributed by atoms with van der Waals surface area (Å²) in [6.45, 7) is 7.52. The predicted molar refractivity (Wildman–Crippen MR) is 163 cm³/mol. The molecule has 0 aromatic heterocycles. The van der Waals surface area contributed by atoms with E-state index in [2.05, 4.69) is 17.2 Å². The van der Waals surface area contributed by atoms with E-state index in [0.717, 1.165) is 29.3 Å². The Kier molecular flexibility index (Phi) is 10.2. The van der Waals surface area contributed by atoms with Crippen LogP contribution in [0.3, 0.4) is 0 Å². The van der Waals surface area contributed by atoms with E-state index in [9.17, 15) is 23.2 Å². The molecule has 1 heterocycles. The molecule has 2 N–H and O–H groups in total. The number of amides is 3. The molecule has 3 aromatic rings. The van der Waals surface area contributed by atoms with Crippen LogP contribution in [0, 0.1) is 29.4 Å². The van der Waals surface area contributed by atoms with Crippen molar-refractivity contribution in [1.82, 2.24) is 10.6 Å². The minimum Gasteiger partial charge on any atom is -0.352 e. The van der Waals surface area contributed by atoms with E-state index >= 15 is 0 Å². The van der Waals surface area contributed by atoms with Crippen molar-refractivity contribution in [3.63, 3.8) is 0 Å². The zero-order valence-electron chi connectivity index (χ0n) is 24.5. The van der Waals surface area contributed by atoms with Crippen molar-refractivity contribution in [3.05, 3.63) is 114 Å². The Balaban J connectivity index is 1.64. The number of benzodiazepines with no additional fused rings is 1. The quantitative estimate of drug-likeness (QED) is 0.295. The highest BCUT2D eigenvalue weighted by Gasteiger charge is 2.37. The maximum atomic E-state index is 13.9. The van der Waals surface area contributed by atoms with Gasteiger partial charge >= 0.3 is 0 Å². The molecule has 7 nitrogen and oxygen atoms in total. The fourth-order valence-corrected chi connectivity index (χ4v) is 5.31. The molecule has 0 bridgehead atoms. The first-order valence-electron chi connectivity index (χ1n) is 14.2. The van der Waals surface area contributed by atoms with Crippen LogP contribution in [0.5, 0.6) is 0 Å². The third-order valence-corrected chi connectivity index (χ3v) is 7.36. The minimum absolute atomic E-state index is 0.0355. The highest BCUT2D eigenvalue weighted by molar-refractivity contribution is 6.20. The summed E-state index contributed by atoms with van der Waals surface area (Å²) >= 11 is 0. The number of rotatable bonds is 11. The molecule has 4 rings (SSSR count). The van der Waals surface area contributed by atoms with Crippen molar-refractivity contribution in [1.29, 1.82) is 0 Å². The first kappa shape index (κ1) is 31.3. The van der Waals surface area contributed by atoms with E-state index in [4.69, 9.17) is 4.99 Å². The van der Waals surface area contributed by atoms with Gasteiger partial charge in [-0.3, -0.25) is 14.4 Å². The smallest absolute Gasteiger partial charge is 0.272 e. The van der Waals surface area contributed by atoms with Crippen molar-refractivity contribution < 1.29 is 23.2 Å². The Labute approximate surface area is 250 Å². The Morgan fingerprint density at radius 3 is 2.28 bits per heavy atom. The third-order valence-electron chi connectivity index (χ3n) is 7.36. The number of benzene rings is 3. The van der Waals surface area contributed by atoms with Crippen LogP contribution in [-0.2, 0) is 20.9 Å². The first-order chi connectivity index (χ1) is 20.6. The summed E-state index contributed by atoms with van der Waals surface area (Å²) in [5.41, 5.74) is 3.00. The van der Waals surface area contributed by atoms with Gasteiger partial charge in [0.05, 0.1) is 23.2 Å². The molecule has 3 atom stereocenters. The van der Waals surface area contributed by atoms with E-state index < -0.39 is 47.4 Å². The zero-order valence-corrected chi connectivity index (χ0v) is 24.5. The highest BCUT2D eigenvalue weighted by Crippen LogP contribution is 2.29. The van der Waals surface area contributed by atoms with Crippen LogP contribution in [0.15, 0.2) is 90.4 Å². The molecule has 2 unspecified atom stereocenters. The molecule has 0 aliphatic carbocycles. The van der Waals surface area contributed by atoms with Crippen LogP contribution in [-0.4, -0.2) is 36.6 Å². The molecule has 0 fully saturated rings. The SMILES string of the molecule is C=CC[C@H](C(=O)NCc1cc(F)cc(F)c1)C(CC(C)C)C(=O)NC1N=C(c2ccccc2)c2ccccc2N(C)C1=O. The van der Waals surface area contributed by atoms with E-state index in [1.54, 1.807) is 13.1 Å². The van der Waals surface area contributed by atoms with Gasteiger partial charge in [0, 0.05) is 30.8 Å². The summed E-state index contributed by atoms with van der Waals surface area (Å²) in [7, 11) is 1.64. The number of fused-ring (bicyclic) bond motifs is 1. The Hall–Kier alpha value is -4.66. The number of carbonyl (C=O) groups is 3. The van der Waals surface area contributed by atoms with Gasteiger partial charge in [-0.1, -0.05) is 68.5 Å². The van der Waals surface area contributed by atoms with Crippen molar-refractivity contribution in [2.45, 2.75) is 39.4 Å². The maximum absolute atomic E-state index is 13.9. The van der Waals surface area contributed by atoms with Crippen molar-refractivity contribution in [3.8, 4) is 0 Å². The summed E-state index contributed by atoms with van der Waals surface area (Å²) < 4.78 is 27.4. The largest absolute Gasteiger partial charge is 0.352 e. The van der Waals surface area contributed by atoms with Crippen LogP contribution < -0.4 is 15.5 Å². The fraction of sp³-hybridized carbons (Fsp3) is 0.294. The second-order valence-corrected chi connectivity index (χ2v) is 11.0. The van der Waals surface area contributed by atoms with Gasteiger partial charge in [0.1, 0.15) is 11.6 Å². The first-order valence-corrected chi connectivity index (χ1v) is 14.2. The summed E-state index contributed by atoms with van der Waals surface area (Å²) in [4.78, 5) is 47.3. The van der Waals surface area contributed by atoms with Gasteiger partial charge in [-0.25, -0.2) is 13.8 Å². The van der Waals surface area contributed by atoms with E-state index in [1.165, 1.54) is 4.90 Å². The summed E-state index contributed by atoms with van der Waals surface area (Å²) in [5.74, 6) is -4.52. The maximum Gasteiger partial charge on any atom is 0.272 e. The van der Waals surface area contributed by atoms with Crippen LogP contribution in [0.1, 0.15) is 43.4 Å². The Morgan fingerprint density at radius 1 is 0.977 bits per heavy atom. The fourth-order valence-electron chi connectivity index (χ4n) is 5.31. The standard InChI is InChI=1S/C34H36F2N4O3/c1-5-11-26(32(41)37-20-22-17-24(35)19-25(36)18-22)28(16-21(2)3)33(42)39-31-34(43)40(4)29-15-10-9-14-27(29)30(38-31)23-12-7-6-8-13-23/h5-10,12-15,17-19,21,26,28,31H,1,11,16,20H2,2-4H3,(H,37,41)(H,39,42)/t26-,28?,31?/m0/s1. The van der Waals surface area contributed by atoms with Crippen LogP contribution in [0.2, 0.25) is 0 Å². The number of halogens is 2. The number of nitrogens with one attached hydrogen (secondary N) is 2. The van der Waals surface area contributed by atoms with Crippen LogP contribution in [0.25, 0.3) is 0 Å². The number of carbonyl (C=O) groups excluding carboxylic acids is 3. The van der Waals surface area contributed by atoms with Gasteiger partial charge in [0.2, 0.25) is 18.0 Å². The average molecular weight is 587 g/mol. The lowest BCUT2D eigenvalue weighted by molar-refractivity contribution is -0.137. The van der Waals surface area contributed by atoms with Gasteiger partial charge in [0.15, 0.2) is 0 Å². The lowest BCUT2D eigenvalue weighted by Crippen LogP contribution is -2.50. The van der Waals surface area contributed by atoms with Gasteiger partial charge in [0.25, 0.3) is 5.91 Å². The lowest BCUT2D eigenvalue weighted by atomic mass is 9.82. The van der Waals surface area contributed by atoms with Gasteiger partial charge < -0.3 is 15.5 Å². The van der Waals surface area contributed by atoms with E-state index in [1.807, 2.05) is 68.4 Å². The molecular weight excluding hydrogens is 550 g/mol. The summed E-state index contributed by atoms with van der Waals surface area (Å²) in [6, 6.07) is 19.8. The number of hydrogen-bond donors (Lipinski definition) is 2. The van der Waals surface area contributed by atoms with E-state index in [0.29, 0.717) is 17.8 Å². The average Bonchev–Trinajstić information content (AvgIpc) is 3.08. The number of nitrogens with zero attached hydrogens (tertiary/aromatic N) is 2. The molecule has 9 heteroatoms. The molecular formula is C34H36F2N4O3. The minimum atomic E-state index is -1.24. The van der Waals surface area contributed by atoms with Crippen LogP contribution in [0.4, 0.5) is 14.5 Å².